The Morgan fingerprint density at radius 3 is 2.53 bits per heavy atom. The largest absolute Gasteiger partial charge is 0.481 e. The van der Waals surface area contributed by atoms with E-state index in [0.717, 1.165) is 59.9 Å². The van der Waals surface area contributed by atoms with Crippen molar-refractivity contribution in [2.45, 2.75) is 90.9 Å². The van der Waals surface area contributed by atoms with Gasteiger partial charge in [-0.25, -0.2) is 0 Å². The monoisotopic (exact) mass is 466 g/mol. The lowest BCUT2D eigenvalue weighted by Gasteiger charge is -2.35. The zero-order chi connectivity index (χ0) is 24.4. The number of anilines is 1. The van der Waals surface area contributed by atoms with Crippen LogP contribution in [0.3, 0.4) is 0 Å². The van der Waals surface area contributed by atoms with Crippen molar-refractivity contribution in [3.63, 3.8) is 0 Å². The Kier molecular flexibility index (Phi) is 7.44. The summed E-state index contributed by atoms with van der Waals surface area (Å²) in [5.74, 6) is 1.90. The van der Waals surface area contributed by atoms with Crippen LogP contribution in [0.25, 0.3) is 0 Å². The number of amides is 1. The highest BCUT2D eigenvalue weighted by Crippen LogP contribution is 2.51. The molecule has 2 N–H and O–H groups in total. The van der Waals surface area contributed by atoms with Gasteiger partial charge in [-0.1, -0.05) is 36.7 Å². The average Bonchev–Trinajstić information content (AvgIpc) is 3.49. The molecule has 0 radical (unpaired) electrons. The first-order chi connectivity index (χ1) is 16.2. The Morgan fingerprint density at radius 2 is 1.91 bits per heavy atom. The Bertz CT molecular complexity index is 1030. The van der Waals surface area contributed by atoms with E-state index in [-0.39, 0.29) is 18.7 Å². The van der Waals surface area contributed by atoms with Gasteiger partial charge in [0.1, 0.15) is 5.76 Å². The summed E-state index contributed by atoms with van der Waals surface area (Å²) in [4.78, 5) is 24.5. The van der Waals surface area contributed by atoms with E-state index in [1.807, 2.05) is 32.0 Å². The fourth-order valence-corrected chi connectivity index (χ4v) is 5.45. The minimum Gasteiger partial charge on any atom is -0.481 e. The van der Waals surface area contributed by atoms with Gasteiger partial charge in [0.25, 0.3) is 0 Å². The fraction of sp³-hybridized carbons (Fsp3) is 0.607. The van der Waals surface area contributed by atoms with Crippen LogP contribution in [0.4, 0.5) is 5.69 Å². The molecule has 4 rings (SSSR count). The van der Waals surface area contributed by atoms with Gasteiger partial charge >= 0.3 is 5.97 Å². The van der Waals surface area contributed by atoms with E-state index in [9.17, 15) is 14.7 Å². The van der Waals surface area contributed by atoms with Gasteiger partial charge in [0, 0.05) is 35.9 Å². The number of benzene rings is 1. The maximum Gasteiger partial charge on any atom is 0.303 e. The van der Waals surface area contributed by atoms with Gasteiger partial charge in [-0.05, 0) is 81.8 Å². The molecule has 2 saturated carbocycles. The summed E-state index contributed by atoms with van der Waals surface area (Å²) in [6.45, 7) is 8.53. The molecule has 1 atom stereocenters. The molecule has 0 saturated heterocycles. The molecule has 184 valence electrons. The smallest absolute Gasteiger partial charge is 0.303 e. The standard InChI is InChI=1S/C28H38N2O4/c1-16(2)11-19-13-22(14-19)27-26(20-6-7-20)24(30-34-27)15-21(8-10-25(31)32)28(33)29-23-9-5-17(3)12-18(23)4/h5,9,12,16,19-22H,6-8,10-11,13-15H2,1-4H3,(H,29,33)(H,31,32)/t19?,21-,22?/m0/s1. The van der Waals surface area contributed by atoms with E-state index in [0.29, 0.717) is 24.2 Å². The normalized spacial score (nSPS) is 20.7. The molecule has 6 heteroatoms. The summed E-state index contributed by atoms with van der Waals surface area (Å²) >= 11 is 0. The van der Waals surface area contributed by atoms with Crippen LogP contribution in [0.2, 0.25) is 0 Å². The molecular formula is C28H38N2O4. The number of carbonyl (C=O) groups excluding carboxylic acids is 1. The molecule has 2 fully saturated rings. The summed E-state index contributed by atoms with van der Waals surface area (Å²) in [5.41, 5.74) is 4.97. The Labute approximate surface area is 202 Å². The lowest BCUT2D eigenvalue weighted by molar-refractivity contribution is -0.137. The Hall–Kier alpha value is -2.63. The first-order valence-corrected chi connectivity index (χ1v) is 12.8. The van der Waals surface area contributed by atoms with Crippen molar-refractivity contribution < 1.29 is 19.2 Å². The number of hydrogen-bond donors (Lipinski definition) is 2. The Balaban J connectivity index is 1.50. The molecule has 0 aliphatic heterocycles. The molecular weight excluding hydrogens is 428 g/mol. The van der Waals surface area contributed by atoms with E-state index in [1.54, 1.807) is 0 Å². The SMILES string of the molecule is Cc1ccc(NC(=O)[C@@H](CCC(=O)O)Cc2noc(C3CC(CC(C)C)C3)c2C2CC2)c(C)c1. The molecule has 2 aromatic rings. The number of nitrogens with one attached hydrogen (secondary N) is 1. The Morgan fingerprint density at radius 1 is 1.18 bits per heavy atom. The molecule has 0 unspecified atom stereocenters. The number of rotatable bonds is 11. The number of aryl methyl sites for hydroxylation is 2. The fourth-order valence-electron chi connectivity index (χ4n) is 5.45. The van der Waals surface area contributed by atoms with Crippen LogP contribution >= 0.6 is 0 Å². The lowest BCUT2D eigenvalue weighted by atomic mass is 9.69. The zero-order valence-electron chi connectivity index (χ0n) is 20.9. The predicted molar refractivity (Wildman–Crippen MR) is 132 cm³/mol. The van der Waals surface area contributed by atoms with Crippen molar-refractivity contribution in [2.24, 2.45) is 17.8 Å². The van der Waals surface area contributed by atoms with E-state index >= 15 is 0 Å². The number of hydrogen-bond acceptors (Lipinski definition) is 4. The number of carbonyl (C=O) groups is 2. The molecule has 0 spiro atoms. The third kappa shape index (κ3) is 5.89. The van der Waals surface area contributed by atoms with Gasteiger partial charge in [-0.15, -0.1) is 0 Å². The quantitative estimate of drug-likeness (QED) is 0.401. The van der Waals surface area contributed by atoms with E-state index < -0.39 is 11.9 Å². The van der Waals surface area contributed by atoms with Gasteiger partial charge in [0.05, 0.1) is 5.69 Å². The van der Waals surface area contributed by atoms with Crippen LogP contribution in [0.5, 0.6) is 0 Å². The number of aliphatic carboxylic acids is 1. The van der Waals surface area contributed by atoms with Gasteiger partial charge in [0.15, 0.2) is 0 Å². The molecule has 2 aliphatic rings. The van der Waals surface area contributed by atoms with Crippen LogP contribution in [0, 0.1) is 31.6 Å². The van der Waals surface area contributed by atoms with Crippen LogP contribution < -0.4 is 5.32 Å². The third-order valence-electron chi connectivity index (χ3n) is 7.38. The second kappa shape index (κ2) is 10.3. The molecule has 0 bridgehead atoms. The van der Waals surface area contributed by atoms with Gasteiger partial charge in [0.2, 0.25) is 5.91 Å². The first-order valence-electron chi connectivity index (χ1n) is 12.8. The van der Waals surface area contributed by atoms with Crippen molar-refractivity contribution >= 4 is 17.6 Å². The molecule has 6 nitrogen and oxygen atoms in total. The molecule has 1 amide bonds. The first kappa shape index (κ1) is 24.5. The molecule has 1 heterocycles. The van der Waals surface area contributed by atoms with Gasteiger partial charge in [-0.2, -0.15) is 0 Å². The number of carboxylic acid groups (broad SMARTS) is 1. The number of aromatic nitrogens is 1. The van der Waals surface area contributed by atoms with Crippen molar-refractivity contribution in [3.8, 4) is 0 Å². The molecule has 1 aromatic heterocycles. The maximum absolute atomic E-state index is 13.3. The summed E-state index contributed by atoms with van der Waals surface area (Å²) < 4.78 is 5.91. The second-order valence-corrected chi connectivity index (χ2v) is 11.0. The van der Waals surface area contributed by atoms with Crippen molar-refractivity contribution in [2.75, 3.05) is 5.32 Å². The average molecular weight is 467 g/mol. The highest BCUT2D eigenvalue weighted by atomic mass is 16.5. The van der Waals surface area contributed by atoms with Crippen LogP contribution in [-0.4, -0.2) is 22.1 Å². The maximum atomic E-state index is 13.3. The second-order valence-electron chi connectivity index (χ2n) is 11.0. The van der Waals surface area contributed by atoms with E-state index in [1.165, 1.54) is 12.0 Å². The van der Waals surface area contributed by atoms with Crippen LogP contribution in [0.15, 0.2) is 22.7 Å². The van der Waals surface area contributed by atoms with E-state index in [2.05, 4.69) is 24.3 Å². The minimum absolute atomic E-state index is 0.0477. The number of carboxylic acids is 1. The summed E-state index contributed by atoms with van der Waals surface area (Å²) in [5, 5.41) is 16.7. The van der Waals surface area contributed by atoms with Crippen molar-refractivity contribution in [1.82, 2.24) is 5.16 Å². The highest BCUT2D eigenvalue weighted by molar-refractivity contribution is 5.93. The zero-order valence-corrected chi connectivity index (χ0v) is 20.9. The molecule has 2 aliphatic carbocycles. The topological polar surface area (TPSA) is 92.4 Å². The highest BCUT2D eigenvalue weighted by Gasteiger charge is 2.40. The molecule has 1 aromatic carbocycles. The van der Waals surface area contributed by atoms with Gasteiger partial charge < -0.3 is 14.9 Å². The van der Waals surface area contributed by atoms with Crippen molar-refractivity contribution in [3.05, 3.63) is 46.3 Å². The third-order valence-corrected chi connectivity index (χ3v) is 7.38. The van der Waals surface area contributed by atoms with Crippen molar-refractivity contribution in [1.29, 1.82) is 0 Å². The lowest BCUT2D eigenvalue weighted by Crippen LogP contribution is -2.26. The number of nitrogens with zero attached hydrogens (tertiary/aromatic N) is 1. The molecule has 34 heavy (non-hydrogen) atoms. The minimum atomic E-state index is -0.891. The summed E-state index contributed by atoms with van der Waals surface area (Å²) in [7, 11) is 0. The van der Waals surface area contributed by atoms with Crippen LogP contribution in [0.1, 0.15) is 98.8 Å². The summed E-state index contributed by atoms with van der Waals surface area (Å²) in [6.07, 6.45) is 6.49. The summed E-state index contributed by atoms with van der Waals surface area (Å²) in [6, 6.07) is 5.90. The van der Waals surface area contributed by atoms with E-state index in [4.69, 9.17) is 4.52 Å². The van der Waals surface area contributed by atoms with Gasteiger partial charge in [-0.3, -0.25) is 9.59 Å². The van der Waals surface area contributed by atoms with Crippen LogP contribution in [-0.2, 0) is 16.0 Å². The predicted octanol–water partition coefficient (Wildman–Crippen LogP) is 6.37.